The van der Waals surface area contributed by atoms with Gasteiger partial charge in [-0.1, -0.05) is 30.3 Å². The number of carbonyl (C=O) groups is 2. The zero-order chi connectivity index (χ0) is 26.0. The van der Waals surface area contributed by atoms with E-state index in [0.717, 1.165) is 0 Å². The highest BCUT2D eigenvalue weighted by molar-refractivity contribution is 5.83. The lowest BCUT2D eigenvalue weighted by molar-refractivity contribution is -0.133. The van der Waals surface area contributed by atoms with E-state index in [1.807, 2.05) is 51.1 Å². The molecule has 0 saturated carbocycles. The molecule has 2 aromatic heterocycles. The van der Waals surface area contributed by atoms with Crippen LogP contribution in [0.25, 0.3) is 0 Å². The Morgan fingerprint density at radius 1 is 1.17 bits per heavy atom. The molecular formula is C27H32N4O5. The van der Waals surface area contributed by atoms with Gasteiger partial charge in [0.15, 0.2) is 0 Å². The second-order valence-corrected chi connectivity index (χ2v) is 10.00. The highest BCUT2D eigenvalue weighted by atomic mass is 16.6. The third-order valence-electron chi connectivity index (χ3n) is 6.05. The summed E-state index contributed by atoms with van der Waals surface area (Å²) in [6, 6.07) is 11.9. The summed E-state index contributed by atoms with van der Waals surface area (Å²) in [6.07, 6.45) is 1.46. The van der Waals surface area contributed by atoms with Crippen LogP contribution in [0, 0.1) is 6.92 Å². The second-order valence-electron chi connectivity index (χ2n) is 10.00. The first kappa shape index (κ1) is 25.2. The molecule has 0 radical (unpaired) electrons. The Kier molecular flexibility index (Phi) is 7.01. The summed E-state index contributed by atoms with van der Waals surface area (Å²) in [4.78, 5) is 47.9. The molecule has 0 saturated heterocycles. The van der Waals surface area contributed by atoms with Crippen molar-refractivity contribution >= 4 is 12.0 Å². The number of rotatable bonds is 5. The molecule has 36 heavy (non-hydrogen) atoms. The van der Waals surface area contributed by atoms with Crippen molar-refractivity contribution in [1.82, 2.24) is 19.4 Å². The van der Waals surface area contributed by atoms with E-state index < -0.39 is 17.7 Å². The Morgan fingerprint density at radius 2 is 1.89 bits per heavy atom. The molecule has 1 unspecified atom stereocenters. The molecule has 190 valence electrons. The van der Waals surface area contributed by atoms with Gasteiger partial charge in [-0.25, -0.2) is 9.78 Å². The first-order chi connectivity index (χ1) is 17.0. The van der Waals surface area contributed by atoms with Gasteiger partial charge in [-0.05, 0) is 51.8 Å². The number of furan rings is 1. The van der Waals surface area contributed by atoms with Gasteiger partial charge in [-0.15, -0.1) is 0 Å². The molecule has 1 atom stereocenters. The largest absolute Gasteiger partial charge is 0.467 e. The van der Waals surface area contributed by atoms with Crippen molar-refractivity contribution < 1.29 is 18.7 Å². The number of aromatic nitrogens is 2. The lowest BCUT2D eigenvalue weighted by atomic mass is 10.0. The van der Waals surface area contributed by atoms with Crippen LogP contribution in [0.2, 0.25) is 0 Å². The number of hydrogen-bond acceptors (Lipinski definition) is 6. The summed E-state index contributed by atoms with van der Waals surface area (Å²) in [5, 5.41) is 0. The van der Waals surface area contributed by atoms with E-state index in [0.29, 0.717) is 41.4 Å². The molecular weight excluding hydrogens is 460 g/mol. The van der Waals surface area contributed by atoms with Gasteiger partial charge in [0.1, 0.15) is 23.2 Å². The maximum absolute atomic E-state index is 13.8. The summed E-state index contributed by atoms with van der Waals surface area (Å²) in [6.45, 7) is 7.94. The van der Waals surface area contributed by atoms with Crippen molar-refractivity contribution in [1.29, 1.82) is 0 Å². The maximum Gasteiger partial charge on any atom is 0.410 e. The quantitative estimate of drug-likeness (QED) is 0.539. The number of hydrogen-bond donors (Lipinski definition) is 0. The van der Waals surface area contributed by atoms with Gasteiger partial charge in [0.05, 0.1) is 25.0 Å². The zero-order valence-corrected chi connectivity index (χ0v) is 21.4. The smallest absolute Gasteiger partial charge is 0.410 e. The second kappa shape index (κ2) is 10.0. The van der Waals surface area contributed by atoms with Crippen LogP contribution in [0.1, 0.15) is 55.2 Å². The predicted molar refractivity (Wildman–Crippen MR) is 133 cm³/mol. The fourth-order valence-corrected chi connectivity index (χ4v) is 4.37. The lowest BCUT2D eigenvalue weighted by Crippen LogP contribution is -2.45. The van der Waals surface area contributed by atoms with Gasteiger partial charge in [0, 0.05) is 19.2 Å². The standard InChI is InChI=1S/C27H32N4O5/c1-18-28-22-17-30(26(34)36-27(2,3)4)14-13-21(22)24(32)31(18)23(19-10-7-6-8-11-19)25(33)29(5)16-20-12-9-15-35-20/h6-12,15,23H,13-14,16-17H2,1-5H3. The minimum atomic E-state index is -0.889. The molecule has 3 heterocycles. The fourth-order valence-electron chi connectivity index (χ4n) is 4.37. The minimum Gasteiger partial charge on any atom is -0.467 e. The Labute approximate surface area is 210 Å². The first-order valence-electron chi connectivity index (χ1n) is 12.0. The van der Waals surface area contributed by atoms with Crippen LogP contribution >= 0.6 is 0 Å². The van der Waals surface area contributed by atoms with Gasteiger partial charge < -0.3 is 19.0 Å². The SMILES string of the molecule is Cc1nc2c(c(=O)n1C(C(=O)N(C)Cc1ccco1)c1ccccc1)CCN(C(=O)OC(C)(C)C)C2. The third kappa shape index (κ3) is 5.35. The average Bonchev–Trinajstić information content (AvgIpc) is 3.33. The van der Waals surface area contributed by atoms with E-state index >= 15 is 0 Å². The van der Waals surface area contributed by atoms with E-state index in [-0.39, 0.29) is 24.6 Å². The molecule has 1 aliphatic rings. The molecule has 1 aliphatic heterocycles. The molecule has 0 bridgehead atoms. The summed E-state index contributed by atoms with van der Waals surface area (Å²) in [7, 11) is 1.69. The molecule has 3 aromatic rings. The molecule has 0 aliphatic carbocycles. The van der Waals surface area contributed by atoms with Gasteiger partial charge in [0.2, 0.25) is 0 Å². The van der Waals surface area contributed by atoms with E-state index in [4.69, 9.17) is 14.1 Å². The van der Waals surface area contributed by atoms with Crippen LogP contribution in [-0.4, -0.2) is 50.5 Å². The van der Waals surface area contributed by atoms with Crippen molar-refractivity contribution in [3.63, 3.8) is 0 Å². The molecule has 9 heteroatoms. The van der Waals surface area contributed by atoms with Gasteiger partial charge in [-0.2, -0.15) is 0 Å². The summed E-state index contributed by atoms with van der Waals surface area (Å²) in [5.41, 5.74) is 0.855. The Morgan fingerprint density at radius 3 is 2.53 bits per heavy atom. The highest BCUT2D eigenvalue weighted by Crippen LogP contribution is 2.24. The number of nitrogens with zero attached hydrogens (tertiary/aromatic N) is 4. The molecule has 0 spiro atoms. The number of aryl methyl sites for hydroxylation is 1. The Hall–Kier alpha value is -3.88. The van der Waals surface area contributed by atoms with E-state index in [9.17, 15) is 14.4 Å². The van der Waals surface area contributed by atoms with Crippen LogP contribution < -0.4 is 5.56 Å². The van der Waals surface area contributed by atoms with Crippen LogP contribution in [0.4, 0.5) is 4.79 Å². The first-order valence-corrected chi connectivity index (χ1v) is 12.0. The van der Waals surface area contributed by atoms with E-state index in [2.05, 4.69) is 0 Å². The topological polar surface area (TPSA) is 97.9 Å². The van der Waals surface area contributed by atoms with E-state index in [1.165, 1.54) is 4.57 Å². The molecule has 2 amide bonds. The van der Waals surface area contributed by atoms with Crippen molar-refractivity contribution in [2.45, 2.75) is 58.8 Å². The fraction of sp³-hybridized carbons (Fsp3) is 0.407. The van der Waals surface area contributed by atoms with Crippen molar-refractivity contribution in [3.05, 3.63) is 87.5 Å². The van der Waals surface area contributed by atoms with Crippen LogP contribution in [0.3, 0.4) is 0 Å². The normalized spacial score (nSPS) is 14.2. The predicted octanol–water partition coefficient (Wildman–Crippen LogP) is 3.69. The molecule has 4 rings (SSSR count). The number of likely N-dealkylation sites (N-methyl/N-ethyl adjacent to an activating group) is 1. The molecule has 1 aromatic carbocycles. The van der Waals surface area contributed by atoms with Crippen molar-refractivity contribution in [3.8, 4) is 0 Å². The highest BCUT2D eigenvalue weighted by Gasteiger charge is 2.33. The minimum absolute atomic E-state index is 0.184. The lowest BCUT2D eigenvalue weighted by Gasteiger charge is -2.32. The Balaban J connectivity index is 1.70. The summed E-state index contributed by atoms with van der Waals surface area (Å²) in [5.74, 6) is 0.793. The van der Waals surface area contributed by atoms with Gasteiger partial charge in [0.25, 0.3) is 11.5 Å². The van der Waals surface area contributed by atoms with Crippen molar-refractivity contribution in [2.75, 3.05) is 13.6 Å². The molecule has 0 N–H and O–H groups in total. The third-order valence-corrected chi connectivity index (χ3v) is 6.05. The number of fused-ring (bicyclic) bond motifs is 1. The number of ether oxygens (including phenoxy) is 1. The van der Waals surface area contributed by atoms with Crippen LogP contribution in [0.15, 0.2) is 57.9 Å². The molecule has 9 nitrogen and oxygen atoms in total. The summed E-state index contributed by atoms with van der Waals surface area (Å²) >= 11 is 0. The number of carbonyl (C=O) groups excluding carboxylic acids is 2. The average molecular weight is 493 g/mol. The van der Waals surface area contributed by atoms with Gasteiger partial charge >= 0.3 is 6.09 Å². The molecule has 0 fully saturated rings. The zero-order valence-electron chi connectivity index (χ0n) is 21.4. The number of amides is 2. The summed E-state index contributed by atoms with van der Waals surface area (Å²) < 4.78 is 12.4. The van der Waals surface area contributed by atoms with Crippen molar-refractivity contribution in [2.24, 2.45) is 0 Å². The van der Waals surface area contributed by atoms with Crippen LogP contribution in [-0.2, 0) is 29.0 Å². The maximum atomic E-state index is 13.8. The Bertz CT molecular complexity index is 1290. The van der Waals surface area contributed by atoms with Crippen LogP contribution in [0.5, 0.6) is 0 Å². The monoisotopic (exact) mass is 492 g/mol. The number of benzene rings is 1. The van der Waals surface area contributed by atoms with Gasteiger partial charge in [-0.3, -0.25) is 14.2 Å². The van der Waals surface area contributed by atoms with E-state index in [1.54, 1.807) is 42.2 Å².